The quantitative estimate of drug-likeness (QED) is 0.264. The number of rotatable bonds is 10. The molecule has 0 aromatic heterocycles. The minimum absolute atomic E-state index is 0.0840. The molecule has 43 heavy (non-hydrogen) atoms. The number of sulfonamides is 1. The second-order valence-electron chi connectivity index (χ2n) is 11.0. The Bertz CT molecular complexity index is 1560. The lowest BCUT2D eigenvalue weighted by Gasteiger charge is -2.35. The number of nitrogens with zero attached hydrogens (tertiary/aromatic N) is 2. The van der Waals surface area contributed by atoms with E-state index in [1.807, 2.05) is 6.07 Å². The summed E-state index contributed by atoms with van der Waals surface area (Å²) in [5, 5.41) is 2.29. The lowest BCUT2D eigenvalue weighted by atomic mass is 10.0. The van der Waals surface area contributed by atoms with Gasteiger partial charge in [0.25, 0.3) is 0 Å². The highest BCUT2D eigenvalue weighted by Gasteiger charge is 2.37. The van der Waals surface area contributed by atoms with Crippen molar-refractivity contribution in [2.24, 2.45) is 0 Å². The molecule has 2 amide bonds. The van der Waals surface area contributed by atoms with Crippen LogP contribution in [-0.4, -0.2) is 49.5 Å². The molecule has 0 bridgehead atoms. The first-order chi connectivity index (χ1) is 19.8. The molecular formula is C30H32BrClF3N3O4S. The lowest BCUT2D eigenvalue weighted by Crippen LogP contribution is -2.56. The van der Waals surface area contributed by atoms with Crippen molar-refractivity contribution >= 4 is 55.1 Å². The van der Waals surface area contributed by atoms with E-state index in [1.165, 1.54) is 4.90 Å². The Kier molecular flexibility index (Phi) is 11.0. The van der Waals surface area contributed by atoms with E-state index < -0.39 is 62.4 Å². The second-order valence-corrected chi connectivity index (χ2v) is 14.3. The van der Waals surface area contributed by atoms with E-state index in [2.05, 4.69) is 21.2 Å². The molecule has 0 saturated carbocycles. The van der Waals surface area contributed by atoms with Crippen LogP contribution in [0.25, 0.3) is 0 Å². The molecule has 1 unspecified atom stereocenters. The third kappa shape index (κ3) is 9.97. The molecule has 0 radical (unpaired) electrons. The average Bonchev–Trinajstić information content (AvgIpc) is 2.88. The van der Waals surface area contributed by atoms with Crippen molar-refractivity contribution in [2.75, 3.05) is 17.1 Å². The van der Waals surface area contributed by atoms with E-state index in [9.17, 15) is 31.2 Å². The SMILES string of the molecule is CC(C)(C)NC(=O)C(Cc1ccccc1)N(Cc1cccc(Br)c1)C(=O)CN(c1ccc(Cl)c(C(F)(F)F)c1)S(C)(=O)=O. The second kappa shape index (κ2) is 13.7. The number of hydrogen-bond acceptors (Lipinski definition) is 4. The summed E-state index contributed by atoms with van der Waals surface area (Å²) in [7, 11) is -4.27. The highest BCUT2D eigenvalue weighted by atomic mass is 79.9. The predicted molar refractivity (Wildman–Crippen MR) is 165 cm³/mol. The van der Waals surface area contributed by atoms with Gasteiger partial charge in [0.05, 0.1) is 22.5 Å². The van der Waals surface area contributed by atoms with Gasteiger partial charge in [0, 0.05) is 23.0 Å². The summed E-state index contributed by atoms with van der Waals surface area (Å²) in [4.78, 5) is 29.1. The summed E-state index contributed by atoms with van der Waals surface area (Å²) < 4.78 is 67.9. The fourth-order valence-corrected chi connectivity index (χ4v) is 5.85. The molecule has 3 aromatic carbocycles. The van der Waals surface area contributed by atoms with Crippen LogP contribution >= 0.6 is 27.5 Å². The molecule has 3 rings (SSSR count). The fraction of sp³-hybridized carbons (Fsp3) is 0.333. The van der Waals surface area contributed by atoms with Crippen LogP contribution in [0.1, 0.15) is 37.5 Å². The van der Waals surface area contributed by atoms with Crippen LogP contribution in [0, 0.1) is 0 Å². The molecule has 0 fully saturated rings. The van der Waals surface area contributed by atoms with E-state index in [0.717, 1.165) is 28.4 Å². The number of anilines is 1. The minimum Gasteiger partial charge on any atom is -0.350 e. The lowest BCUT2D eigenvalue weighted by molar-refractivity contribution is -0.140. The summed E-state index contributed by atoms with van der Waals surface area (Å²) in [6.07, 6.45) is -3.98. The van der Waals surface area contributed by atoms with Gasteiger partial charge in [-0.25, -0.2) is 8.42 Å². The highest BCUT2D eigenvalue weighted by Crippen LogP contribution is 2.37. The zero-order valence-electron chi connectivity index (χ0n) is 24.0. The van der Waals surface area contributed by atoms with Crippen LogP contribution < -0.4 is 9.62 Å². The largest absolute Gasteiger partial charge is 0.417 e. The molecule has 0 heterocycles. The van der Waals surface area contributed by atoms with Crippen LogP contribution in [0.3, 0.4) is 0 Å². The summed E-state index contributed by atoms with van der Waals surface area (Å²) >= 11 is 9.15. The van der Waals surface area contributed by atoms with Gasteiger partial charge >= 0.3 is 6.18 Å². The van der Waals surface area contributed by atoms with Crippen molar-refractivity contribution in [2.45, 2.75) is 51.5 Å². The number of nitrogens with one attached hydrogen (secondary N) is 1. The zero-order chi connectivity index (χ0) is 32.2. The molecule has 0 aliphatic heterocycles. The molecule has 7 nitrogen and oxygen atoms in total. The van der Waals surface area contributed by atoms with Crippen molar-refractivity contribution in [1.29, 1.82) is 0 Å². The maximum atomic E-state index is 14.1. The number of amides is 2. The molecule has 0 spiro atoms. The fourth-order valence-electron chi connectivity index (χ4n) is 4.34. The molecule has 13 heteroatoms. The number of benzene rings is 3. The van der Waals surface area contributed by atoms with Crippen molar-refractivity contribution in [3.8, 4) is 0 Å². The van der Waals surface area contributed by atoms with Crippen LogP contribution in [0.2, 0.25) is 5.02 Å². The van der Waals surface area contributed by atoms with Crippen molar-refractivity contribution in [1.82, 2.24) is 10.2 Å². The van der Waals surface area contributed by atoms with Gasteiger partial charge in [0.1, 0.15) is 12.6 Å². The summed E-state index contributed by atoms with van der Waals surface area (Å²) in [6, 6.07) is 17.5. The monoisotopic (exact) mass is 701 g/mol. The van der Waals surface area contributed by atoms with E-state index in [0.29, 0.717) is 15.9 Å². The van der Waals surface area contributed by atoms with Gasteiger partial charge in [-0.05, 0) is 62.2 Å². The molecule has 0 aliphatic rings. The standard InChI is InChI=1S/C30H32BrClF3N3O4S/c1-29(2,3)36-28(40)26(16-20-9-6-5-7-10-20)37(18-21-11-8-12-22(31)15-21)27(39)19-38(43(4,41)42)23-13-14-25(32)24(17-23)30(33,34)35/h5-15,17,26H,16,18-19H2,1-4H3,(H,36,40). The van der Waals surface area contributed by atoms with Crippen molar-refractivity contribution < 1.29 is 31.2 Å². The Morgan fingerprint density at radius 3 is 2.14 bits per heavy atom. The first kappa shape index (κ1) is 34.4. The van der Waals surface area contributed by atoms with Gasteiger partial charge in [0.15, 0.2) is 0 Å². The predicted octanol–water partition coefficient (Wildman–Crippen LogP) is 6.44. The average molecular weight is 703 g/mol. The first-order valence-electron chi connectivity index (χ1n) is 13.1. The Balaban J connectivity index is 2.12. The third-order valence-electron chi connectivity index (χ3n) is 6.23. The van der Waals surface area contributed by atoms with Crippen LogP contribution in [0.5, 0.6) is 0 Å². The van der Waals surface area contributed by atoms with Crippen LogP contribution in [0.15, 0.2) is 77.3 Å². The minimum atomic E-state index is -4.86. The molecule has 1 N–H and O–H groups in total. The van der Waals surface area contributed by atoms with Crippen molar-refractivity contribution in [3.05, 3.63) is 99.0 Å². The Hall–Kier alpha value is -3.09. The topological polar surface area (TPSA) is 86.8 Å². The number of alkyl halides is 3. The molecular weight excluding hydrogens is 671 g/mol. The van der Waals surface area contributed by atoms with Gasteiger partial charge in [-0.15, -0.1) is 0 Å². The molecule has 232 valence electrons. The summed E-state index contributed by atoms with van der Waals surface area (Å²) in [6.45, 7) is 4.42. The number of carbonyl (C=O) groups excluding carboxylic acids is 2. The zero-order valence-corrected chi connectivity index (χ0v) is 27.1. The first-order valence-corrected chi connectivity index (χ1v) is 16.1. The number of carbonyl (C=O) groups is 2. The van der Waals surface area contributed by atoms with E-state index >= 15 is 0 Å². The van der Waals surface area contributed by atoms with Crippen LogP contribution in [-0.2, 0) is 38.8 Å². The maximum Gasteiger partial charge on any atom is 0.417 e. The smallest absolute Gasteiger partial charge is 0.350 e. The number of hydrogen-bond donors (Lipinski definition) is 1. The third-order valence-corrected chi connectivity index (χ3v) is 8.20. The van der Waals surface area contributed by atoms with Gasteiger partial charge < -0.3 is 10.2 Å². The number of halogens is 5. The van der Waals surface area contributed by atoms with Crippen LogP contribution in [0.4, 0.5) is 18.9 Å². The van der Waals surface area contributed by atoms with Gasteiger partial charge in [-0.2, -0.15) is 13.2 Å². The molecule has 1 atom stereocenters. The Morgan fingerprint density at radius 1 is 0.953 bits per heavy atom. The van der Waals surface area contributed by atoms with E-state index in [1.54, 1.807) is 69.3 Å². The Labute approximate surface area is 263 Å². The molecule has 0 aliphatic carbocycles. The van der Waals surface area contributed by atoms with Crippen molar-refractivity contribution in [3.63, 3.8) is 0 Å². The molecule has 3 aromatic rings. The van der Waals surface area contributed by atoms with Gasteiger partial charge in [-0.3, -0.25) is 13.9 Å². The van der Waals surface area contributed by atoms with E-state index in [4.69, 9.17) is 11.6 Å². The molecule has 0 saturated heterocycles. The highest BCUT2D eigenvalue weighted by molar-refractivity contribution is 9.10. The normalized spacial score (nSPS) is 12.9. The van der Waals surface area contributed by atoms with E-state index in [-0.39, 0.29) is 13.0 Å². The maximum absolute atomic E-state index is 14.1. The van der Waals surface area contributed by atoms with Gasteiger partial charge in [0.2, 0.25) is 21.8 Å². The summed E-state index contributed by atoms with van der Waals surface area (Å²) in [5.41, 5.74) is -0.914. The Morgan fingerprint density at radius 2 is 1.58 bits per heavy atom. The van der Waals surface area contributed by atoms with Gasteiger partial charge in [-0.1, -0.05) is 70.0 Å². The summed E-state index contributed by atoms with van der Waals surface area (Å²) in [5.74, 6) is -1.27.